The number of aryl methyl sites for hydroxylation is 2. The lowest BCUT2D eigenvalue weighted by Gasteiger charge is -2.34. The van der Waals surface area contributed by atoms with Crippen LogP contribution < -0.4 is 16.4 Å². The van der Waals surface area contributed by atoms with Crippen LogP contribution in [0, 0.1) is 0 Å². The lowest BCUT2D eigenvalue weighted by molar-refractivity contribution is 0.171. The minimum atomic E-state index is -0.0250. The Morgan fingerprint density at radius 2 is 1.73 bits per heavy atom. The lowest BCUT2D eigenvalue weighted by atomic mass is 9.93. The zero-order valence-corrected chi connectivity index (χ0v) is 19.0. The average molecular weight is 446 g/mol. The summed E-state index contributed by atoms with van der Waals surface area (Å²) in [6.07, 6.45) is 9.21. The van der Waals surface area contributed by atoms with E-state index in [1.54, 1.807) is 16.7 Å². The molecule has 0 aromatic carbocycles. The van der Waals surface area contributed by atoms with Crippen LogP contribution in [0.5, 0.6) is 0 Å². The molecule has 1 atom stereocenters. The molecule has 1 N–H and O–H groups in total. The number of fused-ring (bicyclic) bond motifs is 1. The SMILES string of the molecule is O=c1ccc2ccc(=O)n3c2n1CC3CN1CCC(NCc2cc3c(cn2)CCCC3)CC1. The maximum Gasteiger partial charge on any atom is 0.252 e. The van der Waals surface area contributed by atoms with Crippen molar-refractivity contribution in [1.29, 1.82) is 0 Å². The Morgan fingerprint density at radius 3 is 2.55 bits per heavy atom. The topological polar surface area (TPSA) is 72.2 Å². The second kappa shape index (κ2) is 8.54. The Kier molecular flexibility index (Phi) is 5.38. The molecule has 0 saturated carbocycles. The predicted molar refractivity (Wildman–Crippen MR) is 129 cm³/mol. The Balaban J connectivity index is 1.06. The van der Waals surface area contributed by atoms with Gasteiger partial charge in [-0.1, -0.05) is 0 Å². The number of pyridine rings is 3. The Morgan fingerprint density at radius 1 is 0.970 bits per heavy atom. The van der Waals surface area contributed by atoms with E-state index in [-0.39, 0.29) is 17.2 Å². The molecule has 1 unspecified atom stereocenters. The minimum Gasteiger partial charge on any atom is -0.308 e. The van der Waals surface area contributed by atoms with Crippen LogP contribution in [0.25, 0.3) is 11.0 Å². The van der Waals surface area contributed by atoms with Gasteiger partial charge in [0.05, 0.1) is 11.7 Å². The van der Waals surface area contributed by atoms with Gasteiger partial charge in [0.2, 0.25) is 0 Å². The maximum absolute atomic E-state index is 12.6. The highest BCUT2D eigenvalue weighted by atomic mass is 16.1. The van der Waals surface area contributed by atoms with Gasteiger partial charge in [-0.3, -0.25) is 23.7 Å². The quantitative estimate of drug-likeness (QED) is 0.652. The van der Waals surface area contributed by atoms with Gasteiger partial charge in [0, 0.05) is 49.4 Å². The molecule has 172 valence electrons. The molecule has 0 bridgehead atoms. The Bertz CT molecular complexity index is 1300. The second-order valence-electron chi connectivity index (χ2n) is 9.86. The number of nitrogens with one attached hydrogen (secondary N) is 1. The smallest absolute Gasteiger partial charge is 0.252 e. The highest BCUT2D eigenvalue weighted by Gasteiger charge is 2.29. The molecular formula is C26H31N5O2. The van der Waals surface area contributed by atoms with Crippen molar-refractivity contribution in [3.63, 3.8) is 0 Å². The van der Waals surface area contributed by atoms with E-state index in [9.17, 15) is 9.59 Å². The summed E-state index contributed by atoms with van der Waals surface area (Å²) in [5.41, 5.74) is 4.81. The number of nitrogens with zero attached hydrogens (tertiary/aromatic N) is 4. The van der Waals surface area contributed by atoms with Gasteiger partial charge < -0.3 is 10.2 Å². The van der Waals surface area contributed by atoms with Crippen LogP contribution in [-0.4, -0.2) is 44.7 Å². The average Bonchev–Trinajstić information content (AvgIpc) is 3.23. The van der Waals surface area contributed by atoms with Crippen LogP contribution in [0.1, 0.15) is 48.5 Å². The van der Waals surface area contributed by atoms with Gasteiger partial charge >= 0.3 is 0 Å². The molecule has 3 aromatic rings. The summed E-state index contributed by atoms with van der Waals surface area (Å²) in [6, 6.07) is 9.68. The standard InChI is InChI=1S/C26H31N5O2/c32-24-7-5-18-6-8-25(33)31-23(17-30(24)26(18)31)16-29-11-9-21(10-12-29)28-15-22-13-19-3-1-2-4-20(19)14-27-22/h5-8,13-14,21,23,28H,1-4,9-12,15-17H2. The third-order valence-electron chi connectivity index (χ3n) is 7.73. The fraction of sp³-hybridized carbons (Fsp3) is 0.500. The molecule has 1 aliphatic carbocycles. The minimum absolute atomic E-state index is 0.0144. The monoisotopic (exact) mass is 445 g/mol. The molecule has 3 aromatic heterocycles. The molecule has 3 aliphatic rings. The molecule has 0 radical (unpaired) electrons. The fourth-order valence-corrected chi connectivity index (χ4v) is 5.92. The van der Waals surface area contributed by atoms with Crippen molar-refractivity contribution in [2.75, 3.05) is 19.6 Å². The number of likely N-dealkylation sites (tertiary alicyclic amines) is 1. The van der Waals surface area contributed by atoms with E-state index >= 15 is 0 Å². The van der Waals surface area contributed by atoms with Crippen LogP contribution in [0.4, 0.5) is 0 Å². The van der Waals surface area contributed by atoms with Crippen molar-refractivity contribution in [2.45, 2.75) is 63.7 Å². The van der Waals surface area contributed by atoms with Gasteiger partial charge in [-0.2, -0.15) is 0 Å². The zero-order valence-electron chi connectivity index (χ0n) is 19.0. The first-order chi connectivity index (χ1) is 16.2. The number of piperidine rings is 1. The second-order valence-corrected chi connectivity index (χ2v) is 9.86. The number of hydrogen-bond acceptors (Lipinski definition) is 5. The van der Waals surface area contributed by atoms with Crippen molar-refractivity contribution in [2.24, 2.45) is 0 Å². The van der Waals surface area contributed by atoms with Gasteiger partial charge in [-0.15, -0.1) is 0 Å². The molecule has 5 heterocycles. The highest BCUT2D eigenvalue weighted by molar-refractivity contribution is 5.76. The van der Waals surface area contributed by atoms with Crippen molar-refractivity contribution in [3.05, 3.63) is 74.1 Å². The van der Waals surface area contributed by atoms with Gasteiger partial charge in [0.1, 0.15) is 5.65 Å². The predicted octanol–water partition coefficient (Wildman–Crippen LogP) is 2.25. The summed E-state index contributed by atoms with van der Waals surface area (Å²) in [7, 11) is 0. The van der Waals surface area contributed by atoms with E-state index in [2.05, 4.69) is 27.5 Å². The van der Waals surface area contributed by atoms with Crippen molar-refractivity contribution in [1.82, 2.24) is 24.3 Å². The first kappa shape index (κ1) is 20.8. The Labute approximate surface area is 193 Å². The van der Waals surface area contributed by atoms with Crippen molar-refractivity contribution in [3.8, 4) is 0 Å². The van der Waals surface area contributed by atoms with Gasteiger partial charge in [-0.25, -0.2) is 0 Å². The molecule has 7 nitrogen and oxygen atoms in total. The molecule has 0 amide bonds. The van der Waals surface area contributed by atoms with Crippen LogP contribution >= 0.6 is 0 Å². The Hall–Kier alpha value is -2.77. The number of aromatic nitrogens is 3. The van der Waals surface area contributed by atoms with Gasteiger partial charge in [0.25, 0.3) is 11.1 Å². The zero-order chi connectivity index (χ0) is 22.4. The van der Waals surface area contributed by atoms with Crippen LogP contribution in [-0.2, 0) is 25.9 Å². The summed E-state index contributed by atoms with van der Waals surface area (Å²) < 4.78 is 3.60. The van der Waals surface area contributed by atoms with Gasteiger partial charge in [0.15, 0.2) is 0 Å². The summed E-state index contributed by atoms with van der Waals surface area (Å²) in [4.78, 5) is 32.1. The third kappa shape index (κ3) is 3.93. The van der Waals surface area contributed by atoms with E-state index in [1.165, 1.54) is 36.8 Å². The molecule has 2 aliphatic heterocycles. The van der Waals surface area contributed by atoms with E-state index < -0.39 is 0 Å². The van der Waals surface area contributed by atoms with Crippen LogP contribution in [0.3, 0.4) is 0 Å². The molecule has 1 saturated heterocycles. The first-order valence-electron chi connectivity index (χ1n) is 12.3. The summed E-state index contributed by atoms with van der Waals surface area (Å²) in [5.74, 6) is 0. The first-order valence-corrected chi connectivity index (χ1v) is 12.3. The molecule has 7 heteroatoms. The third-order valence-corrected chi connectivity index (χ3v) is 7.73. The van der Waals surface area contributed by atoms with E-state index in [4.69, 9.17) is 0 Å². The van der Waals surface area contributed by atoms with Gasteiger partial charge in [-0.05, 0) is 80.9 Å². The summed E-state index contributed by atoms with van der Waals surface area (Å²) in [6.45, 7) is 4.22. The highest BCUT2D eigenvalue weighted by Crippen LogP contribution is 2.25. The largest absolute Gasteiger partial charge is 0.308 e. The molecule has 0 spiro atoms. The van der Waals surface area contributed by atoms with Crippen LogP contribution in [0.2, 0.25) is 0 Å². The van der Waals surface area contributed by atoms with E-state index in [0.29, 0.717) is 12.6 Å². The normalized spacial score (nSPS) is 20.9. The van der Waals surface area contributed by atoms with E-state index in [1.807, 2.05) is 16.7 Å². The molecule has 1 fully saturated rings. The molecule has 33 heavy (non-hydrogen) atoms. The number of rotatable bonds is 5. The number of hydrogen-bond donors (Lipinski definition) is 1. The maximum atomic E-state index is 12.6. The van der Waals surface area contributed by atoms with Crippen molar-refractivity contribution >= 4 is 11.0 Å². The fourth-order valence-electron chi connectivity index (χ4n) is 5.92. The van der Waals surface area contributed by atoms with E-state index in [0.717, 1.165) is 55.7 Å². The molecule has 6 rings (SSSR count). The lowest BCUT2D eigenvalue weighted by Crippen LogP contribution is -2.44. The van der Waals surface area contributed by atoms with Crippen molar-refractivity contribution < 1.29 is 0 Å². The van der Waals surface area contributed by atoms with Crippen LogP contribution in [0.15, 0.2) is 46.1 Å². The summed E-state index contributed by atoms with van der Waals surface area (Å²) in [5, 5.41) is 4.67. The molecular weight excluding hydrogens is 414 g/mol. The summed E-state index contributed by atoms with van der Waals surface area (Å²) >= 11 is 0.